The number of benzene rings is 2. The molecule has 0 atom stereocenters. The lowest BCUT2D eigenvalue weighted by molar-refractivity contribution is 0.527. The number of aryl methyl sites for hydroxylation is 2. The van der Waals surface area contributed by atoms with Gasteiger partial charge < -0.3 is 8.98 Å². The van der Waals surface area contributed by atoms with Crippen LogP contribution < -0.4 is 10.5 Å². The first-order chi connectivity index (χ1) is 13.3. The fourth-order valence-electron chi connectivity index (χ4n) is 2.78. The molecule has 1 N–H and O–H groups in total. The van der Waals surface area contributed by atoms with Crippen LogP contribution in [0.4, 0.5) is 5.69 Å². The highest BCUT2D eigenvalue weighted by Crippen LogP contribution is 2.29. The maximum Gasteiger partial charge on any atom is 0.419 e. The van der Waals surface area contributed by atoms with Crippen LogP contribution in [0.15, 0.2) is 56.8 Å². The Bertz CT molecular complexity index is 1350. The smallest absolute Gasteiger partial charge is 0.408 e. The summed E-state index contributed by atoms with van der Waals surface area (Å²) in [6.45, 7) is 0. The summed E-state index contributed by atoms with van der Waals surface area (Å²) in [6, 6.07) is 9.28. The Labute approximate surface area is 164 Å². The molecule has 0 aliphatic carbocycles. The Morgan fingerprint density at radius 2 is 1.86 bits per heavy atom. The number of oxazole rings is 1. The van der Waals surface area contributed by atoms with Gasteiger partial charge in [-0.05, 0) is 30.3 Å². The van der Waals surface area contributed by atoms with Crippen molar-refractivity contribution in [3.8, 4) is 11.4 Å². The fraction of sp³-hybridized carbons (Fsp3) is 0.118. The summed E-state index contributed by atoms with van der Waals surface area (Å²) in [6.07, 6.45) is 1.58. The Morgan fingerprint density at radius 3 is 2.50 bits per heavy atom. The molecule has 0 fully saturated rings. The van der Waals surface area contributed by atoms with Crippen molar-refractivity contribution in [2.45, 2.75) is 4.90 Å². The summed E-state index contributed by atoms with van der Waals surface area (Å²) in [4.78, 5) is 11.4. The molecular weight excluding hydrogens is 406 g/mol. The van der Waals surface area contributed by atoms with Crippen molar-refractivity contribution in [3.63, 3.8) is 0 Å². The standard InChI is InChI=1S/C17H14ClN5O4S/c1-22-9-19-20-16(22)10-3-5-11(6-4-10)21-28(25,26)15-8-14-13(7-12(15)18)23(2)17(24)27-14/h3-9,21H,1-2H3. The Balaban J connectivity index is 1.68. The van der Waals surface area contributed by atoms with Crippen molar-refractivity contribution in [2.24, 2.45) is 14.1 Å². The van der Waals surface area contributed by atoms with Gasteiger partial charge in [-0.1, -0.05) is 11.6 Å². The summed E-state index contributed by atoms with van der Waals surface area (Å²) in [5.41, 5.74) is 1.67. The van der Waals surface area contributed by atoms with Crippen LogP contribution in [0, 0.1) is 0 Å². The van der Waals surface area contributed by atoms with Gasteiger partial charge in [0.15, 0.2) is 11.4 Å². The van der Waals surface area contributed by atoms with Gasteiger partial charge in [0.1, 0.15) is 11.2 Å². The Kier molecular flexibility index (Phi) is 4.24. The van der Waals surface area contributed by atoms with E-state index in [0.717, 1.165) is 5.56 Å². The number of nitrogens with one attached hydrogen (secondary N) is 1. The molecule has 2 aromatic carbocycles. The number of hydrogen-bond donors (Lipinski definition) is 1. The van der Waals surface area contributed by atoms with Crippen molar-refractivity contribution in [2.75, 3.05) is 4.72 Å². The van der Waals surface area contributed by atoms with Gasteiger partial charge in [-0.3, -0.25) is 9.29 Å². The van der Waals surface area contributed by atoms with E-state index in [0.29, 0.717) is 17.0 Å². The lowest BCUT2D eigenvalue weighted by Gasteiger charge is -2.10. The highest BCUT2D eigenvalue weighted by molar-refractivity contribution is 7.92. The van der Waals surface area contributed by atoms with Crippen LogP contribution in [-0.2, 0) is 24.1 Å². The van der Waals surface area contributed by atoms with Gasteiger partial charge in [-0.25, -0.2) is 13.2 Å². The van der Waals surface area contributed by atoms with Gasteiger partial charge in [-0.15, -0.1) is 10.2 Å². The molecule has 4 rings (SSSR count). The van der Waals surface area contributed by atoms with Crippen LogP contribution in [0.5, 0.6) is 0 Å². The van der Waals surface area contributed by atoms with E-state index in [9.17, 15) is 13.2 Å². The second kappa shape index (κ2) is 6.50. The summed E-state index contributed by atoms with van der Waals surface area (Å²) < 4.78 is 36.1. The quantitative estimate of drug-likeness (QED) is 0.543. The second-order valence-corrected chi connectivity index (χ2v) is 8.18. The normalized spacial score (nSPS) is 11.8. The minimum atomic E-state index is -4.00. The number of sulfonamides is 1. The van der Waals surface area contributed by atoms with Crippen molar-refractivity contribution < 1.29 is 12.8 Å². The number of nitrogens with zero attached hydrogens (tertiary/aromatic N) is 4. The average molecular weight is 420 g/mol. The molecule has 28 heavy (non-hydrogen) atoms. The van der Waals surface area contributed by atoms with E-state index in [1.165, 1.54) is 23.7 Å². The first-order valence-corrected chi connectivity index (χ1v) is 9.89. The SMILES string of the molecule is Cn1cnnc1-c1ccc(NS(=O)(=O)c2cc3oc(=O)n(C)c3cc2Cl)cc1. The van der Waals surface area contributed by atoms with Gasteiger partial charge in [0.25, 0.3) is 10.0 Å². The summed E-state index contributed by atoms with van der Waals surface area (Å²) in [7, 11) is -0.679. The number of halogens is 1. The zero-order valence-corrected chi connectivity index (χ0v) is 16.3. The molecule has 0 spiro atoms. The maximum atomic E-state index is 12.8. The molecule has 2 heterocycles. The number of rotatable bonds is 4. The zero-order valence-electron chi connectivity index (χ0n) is 14.7. The minimum Gasteiger partial charge on any atom is -0.408 e. The van der Waals surface area contributed by atoms with Crippen molar-refractivity contribution in [3.05, 3.63) is 58.3 Å². The Hall–Kier alpha value is -3.11. The monoisotopic (exact) mass is 419 g/mol. The topological polar surface area (TPSA) is 112 Å². The molecule has 0 saturated heterocycles. The molecule has 4 aromatic rings. The predicted octanol–water partition coefficient (Wildman–Crippen LogP) is 2.38. The minimum absolute atomic E-state index is 0.0212. The molecule has 0 radical (unpaired) electrons. The number of anilines is 1. The molecule has 144 valence electrons. The van der Waals surface area contributed by atoms with Crippen LogP contribution in [0.25, 0.3) is 22.5 Å². The second-order valence-electron chi connectivity index (χ2n) is 6.13. The van der Waals surface area contributed by atoms with Crippen LogP contribution >= 0.6 is 11.6 Å². The molecule has 0 aliphatic heterocycles. The number of fused-ring (bicyclic) bond motifs is 1. The van der Waals surface area contributed by atoms with Crippen LogP contribution in [0.2, 0.25) is 5.02 Å². The fourth-order valence-corrected chi connectivity index (χ4v) is 4.37. The highest BCUT2D eigenvalue weighted by atomic mass is 35.5. The summed E-state index contributed by atoms with van der Waals surface area (Å²) >= 11 is 6.15. The Morgan fingerprint density at radius 1 is 1.14 bits per heavy atom. The zero-order chi connectivity index (χ0) is 20.1. The van der Waals surface area contributed by atoms with Gasteiger partial charge in [0.05, 0.1) is 10.5 Å². The predicted molar refractivity (Wildman–Crippen MR) is 104 cm³/mol. The van der Waals surface area contributed by atoms with E-state index >= 15 is 0 Å². The van der Waals surface area contributed by atoms with Gasteiger partial charge >= 0.3 is 5.76 Å². The van der Waals surface area contributed by atoms with E-state index in [1.807, 2.05) is 7.05 Å². The van der Waals surface area contributed by atoms with Crippen LogP contribution in [0.3, 0.4) is 0 Å². The molecule has 11 heteroatoms. The molecule has 2 aromatic heterocycles. The summed E-state index contributed by atoms with van der Waals surface area (Å²) in [5, 5.41) is 7.80. The van der Waals surface area contributed by atoms with Crippen molar-refractivity contribution >= 4 is 38.4 Å². The first kappa shape index (κ1) is 18.3. The molecule has 0 saturated carbocycles. The summed E-state index contributed by atoms with van der Waals surface area (Å²) in [5.74, 6) is 0.0509. The maximum absolute atomic E-state index is 12.8. The largest absolute Gasteiger partial charge is 0.419 e. The van der Waals surface area contributed by atoms with Gasteiger partial charge in [-0.2, -0.15) is 0 Å². The van der Waals surface area contributed by atoms with E-state index in [2.05, 4.69) is 14.9 Å². The van der Waals surface area contributed by atoms with E-state index in [1.54, 1.807) is 35.2 Å². The highest BCUT2D eigenvalue weighted by Gasteiger charge is 2.21. The molecule has 0 unspecified atom stereocenters. The molecule has 9 nitrogen and oxygen atoms in total. The third-order valence-electron chi connectivity index (χ3n) is 4.24. The van der Waals surface area contributed by atoms with Crippen molar-refractivity contribution in [1.29, 1.82) is 0 Å². The molecule has 0 aliphatic rings. The van der Waals surface area contributed by atoms with Crippen LogP contribution in [-0.4, -0.2) is 27.7 Å². The lowest BCUT2D eigenvalue weighted by Crippen LogP contribution is -2.13. The number of aromatic nitrogens is 4. The van der Waals surface area contributed by atoms with E-state index in [-0.39, 0.29) is 15.5 Å². The van der Waals surface area contributed by atoms with Crippen LogP contribution in [0.1, 0.15) is 0 Å². The van der Waals surface area contributed by atoms with Gasteiger partial charge in [0, 0.05) is 31.4 Å². The van der Waals surface area contributed by atoms with E-state index < -0.39 is 15.8 Å². The average Bonchev–Trinajstić information content (AvgIpc) is 3.19. The van der Waals surface area contributed by atoms with Crippen molar-refractivity contribution in [1.82, 2.24) is 19.3 Å². The molecule has 0 bridgehead atoms. The molecule has 0 amide bonds. The molecular formula is C17H14ClN5O4S. The first-order valence-electron chi connectivity index (χ1n) is 8.02. The van der Waals surface area contributed by atoms with E-state index in [4.69, 9.17) is 16.0 Å². The third-order valence-corrected chi connectivity index (χ3v) is 6.09. The lowest BCUT2D eigenvalue weighted by atomic mass is 10.2. The number of hydrogen-bond acceptors (Lipinski definition) is 6. The van der Waals surface area contributed by atoms with Gasteiger partial charge in [0.2, 0.25) is 0 Å². The third kappa shape index (κ3) is 3.06.